The van der Waals surface area contributed by atoms with Gasteiger partial charge >= 0.3 is 0 Å². The molecule has 6 nitrogen and oxygen atoms in total. The average Bonchev–Trinajstić information content (AvgIpc) is 3.17. The van der Waals surface area contributed by atoms with E-state index >= 15 is 0 Å². The van der Waals surface area contributed by atoms with Crippen molar-refractivity contribution in [2.75, 3.05) is 26.2 Å². The van der Waals surface area contributed by atoms with E-state index in [2.05, 4.69) is 10.0 Å². The van der Waals surface area contributed by atoms with Crippen LogP contribution >= 0.6 is 0 Å². The van der Waals surface area contributed by atoms with Crippen molar-refractivity contribution in [3.63, 3.8) is 0 Å². The van der Waals surface area contributed by atoms with Crippen LogP contribution in [0, 0.1) is 0 Å². The molecule has 2 atom stereocenters. The fourth-order valence-electron chi connectivity index (χ4n) is 3.17. The van der Waals surface area contributed by atoms with Crippen molar-refractivity contribution in [2.24, 2.45) is 0 Å². The molecule has 7 heteroatoms. The predicted octanol–water partition coefficient (Wildman–Crippen LogP) is 0.606. The summed E-state index contributed by atoms with van der Waals surface area (Å²) < 4.78 is 35.0. The lowest BCUT2D eigenvalue weighted by Crippen LogP contribution is -2.53. The van der Waals surface area contributed by atoms with Crippen LogP contribution in [0.1, 0.15) is 44.9 Å². The number of hydrogen-bond donors (Lipinski definition) is 2. The van der Waals surface area contributed by atoms with Gasteiger partial charge in [0.1, 0.15) is 0 Å². The van der Waals surface area contributed by atoms with E-state index in [1.165, 1.54) is 12.8 Å². The molecule has 2 saturated heterocycles. The number of piperidine rings is 1. The monoisotopic (exact) mass is 317 g/mol. The summed E-state index contributed by atoms with van der Waals surface area (Å²) in [5, 5.41) is 3.47. The molecule has 0 amide bonds. The zero-order valence-electron chi connectivity index (χ0n) is 12.6. The first-order valence-electron chi connectivity index (χ1n) is 8.26. The zero-order valence-corrected chi connectivity index (χ0v) is 13.4. The van der Waals surface area contributed by atoms with E-state index < -0.39 is 10.2 Å². The number of hydrogen-bond acceptors (Lipinski definition) is 4. The summed E-state index contributed by atoms with van der Waals surface area (Å²) in [6, 6.07) is 0.720. The molecule has 21 heavy (non-hydrogen) atoms. The molecule has 1 saturated carbocycles. The Kier molecular flexibility index (Phi) is 5.16. The third-order valence-electron chi connectivity index (χ3n) is 4.62. The van der Waals surface area contributed by atoms with E-state index in [0.717, 1.165) is 45.3 Å². The maximum Gasteiger partial charge on any atom is 0.279 e. The molecule has 2 heterocycles. The first kappa shape index (κ1) is 15.7. The molecule has 0 aromatic rings. The van der Waals surface area contributed by atoms with Crippen LogP contribution in [0.4, 0.5) is 0 Å². The summed E-state index contributed by atoms with van der Waals surface area (Å²) in [4.78, 5) is 0. The molecule has 0 aromatic carbocycles. The Hall–Kier alpha value is -0.210. The number of ether oxygens (including phenoxy) is 1. The lowest BCUT2D eigenvalue weighted by atomic mass is 10.1. The lowest BCUT2D eigenvalue weighted by Gasteiger charge is -2.35. The highest BCUT2D eigenvalue weighted by Crippen LogP contribution is 2.23. The van der Waals surface area contributed by atoms with Crippen molar-refractivity contribution in [3.05, 3.63) is 0 Å². The van der Waals surface area contributed by atoms with Crippen LogP contribution in [0.2, 0.25) is 0 Å². The molecule has 2 unspecified atom stereocenters. The summed E-state index contributed by atoms with van der Waals surface area (Å²) >= 11 is 0. The van der Waals surface area contributed by atoms with Gasteiger partial charge in [-0.15, -0.1) is 0 Å². The molecular weight excluding hydrogens is 290 g/mol. The summed E-state index contributed by atoms with van der Waals surface area (Å²) in [6.45, 7) is 2.58. The smallest absolute Gasteiger partial charge is 0.279 e. The van der Waals surface area contributed by atoms with Crippen LogP contribution in [-0.2, 0) is 14.9 Å². The predicted molar refractivity (Wildman–Crippen MR) is 81.3 cm³/mol. The van der Waals surface area contributed by atoms with Gasteiger partial charge < -0.3 is 10.1 Å². The molecule has 0 spiro atoms. The van der Waals surface area contributed by atoms with Gasteiger partial charge in [-0.3, -0.25) is 0 Å². The Labute approximate surface area is 127 Å². The Morgan fingerprint density at radius 2 is 1.90 bits per heavy atom. The number of nitrogens with one attached hydrogen (secondary N) is 2. The van der Waals surface area contributed by atoms with Crippen LogP contribution in [0.15, 0.2) is 0 Å². The van der Waals surface area contributed by atoms with Gasteiger partial charge in [0.15, 0.2) is 0 Å². The maximum absolute atomic E-state index is 12.5. The quantitative estimate of drug-likeness (QED) is 0.722. The minimum atomic E-state index is -3.38. The maximum atomic E-state index is 12.5. The number of nitrogens with zero attached hydrogens (tertiary/aromatic N) is 1. The fraction of sp³-hybridized carbons (Fsp3) is 1.00. The standard InChI is InChI=1S/C14H27N3O3S/c18-21(19,16-11-14-5-3-9-20-14)17-8-2-1-4-13(17)10-15-12-6-7-12/h12-16H,1-11H2. The molecule has 3 rings (SSSR count). The molecule has 3 aliphatic rings. The molecule has 0 bridgehead atoms. The molecular formula is C14H27N3O3S. The van der Waals surface area contributed by atoms with E-state index in [1.54, 1.807) is 4.31 Å². The van der Waals surface area contributed by atoms with Crippen molar-refractivity contribution >= 4 is 10.2 Å². The first-order valence-corrected chi connectivity index (χ1v) is 9.70. The van der Waals surface area contributed by atoms with Gasteiger partial charge in [-0.1, -0.05) is 6.42 Å². The van der Waals surface area contributed by atoms with E-state index in [0.29, 0.717) is 19.1 Å². The Balaban J connectivity index is 1.54. The van der Waals surface area contributed by atoms with Crippen molar-refractivity contribution in [3.8, 4) is 0 Å². The molecule has 0 aromatic heterocycles. The van der Waals surface area contributed by atoms with Crippen LogP contribution in [0.25, 0.3) is 0 Å². The van der Waals surface area contributed by atoms with Gasteiger partial charge in [-0.2, -0.15) is 17.4 Å². The SMILES string of the molecule is O=S(=O)(NCC1CCCO1)N1CCCCC1CNC1CC1. The summed E-state index contributed by atoms with van der Waals surface area (Å²) in [5.74, 6) is 0. The van der Waals surface area contributed by atoms with Gasteiger partial charge in [-0.05, 0) is 38.5 Å². The topological polar surface area (TPSA) is 70.7 Å². The van der Waals surface area contributed by atoms with Crippen LogP contribution in [0.5, 0.6) is 0 Å². The van der Waals surface area contributed by atoms with E-state index in [4.69, 9.17) is 4.74 Å². The number of rotatable bonds is 7. The van der Waals surface area contributed by atoms with Crippen LogP contribution < -0.4 is 10.0 Å². The van der Waals surface area contributed by atoms with Crippen LogP contribution in [0.3, 0.4) is 0 Å². The highest BCUT2D eigenvalue weighted by atomic mass is 32.2. The van der Waals surface area contributed by atoms with Gasteiger partial charge in [0.05, 0.1) is 6.10 Å². The highest BCUT2D eigenvalue weighted by molar-refractivity contribution is 7.87. The average molecular weight is 317 g/mol. The van der Waals surface area contributed by atoms with Crippen molar-refractivity contribution in [1.29, 1.82) is 0 Å². The molecule has 2 N–H and O–H groups in total. The normalized spacial score (nSPS) is 31.6. The van der Waals surface area contributed by atoms with Gasteiger partial charge in [-0.25, -0.2) is 0 Å². The van der Waals surface area contributed by atoms with Crippen LogP contribution in [-0.4, -0.2) is 57.2 Å². The van der Waals surface area contributed by atoms with E-state index in [1.807, 2.05) is 0 Å². The lowest BCUT2D eigenvalue weighted by molar-refractivity contribution is 0.113. The summed E-state index contributed by atoms with van der Waals surface area (Å²) in [5.41, 5.74) is 0. The van der Waals surface area contributed by atoms with E-state index in [9.17, 15) is 8.42 Å². The van der Waals surface area contributed by atoms with Gasteiger partial charge in [0, 0.05) is 38.3 Å². The van der Waals surface area contributed by atoms with Gasteiger partial charge in [0.2, 0.25) is 0 Å². The highest BCUT2D eigenvalue weighted by Gasteiger charge is 2.33. The minimum absolute atomic E-state index is 0.0487. The van der Waals surface area contributed by atoms with Crippen molar-refractivity contribution < 1.29 is 13.2 Å². The van der Waals surface area contributed by atoms with Gasteiger partial charge in [0.25, 0.3) is 10.2 Å². The second-order valence-corrected chi connectivity index (χ2v) is 8.14. The van der Waals surface area contributed by atoms with E-state index in [-0.39, 0.29) is 12.1 Å². The molecule has 122 valence electrons. The summed E-state index contributed by atoms with van der Waals surface area (Å²) in [7, 11) is -3.38. The fourth-order valence-corrected chi connectivity index (χ4v) is 4.68. The second-order valence-electron chi connectivity index (χ2n) is 6.43. The first-order chi connectivity index (χ1) is 10.1. The molecule has 2 aliphatic heterocycles. The Bertz CT molecular complexity index is 433. The molecule has 0 radical (unpaired) electrons. The third-order valence-corrected chi connectivity index (χ3v) is 6.25. The molecule has 1 aliphatic carbocycles. The molecule has 3 fully saturated rings. The Morgan fingerprint density at radius 3 is 2.62 bits per heavy atom. The third kappa shape index (κ3) is 4.39. The summed E-state index contributed by atoms with van der Waals surface area (Å²) in [6.07, 6.45) is 7.54. The largest absolute Gasteiger partial charge is 0.377 e. The Morgan fingerprint density at radius 1 is 1.05 bits per heavy atom. The van der Waals surface area contributed by atoms with Crippen molar-refractivity contribution in [2.45, 2.75) is 63.1 Å². The second kappa shape index (κ2) is 6.91. The zero-order chi connectivity index (χ0) is 14.7. The van der Waals surface area contributed by atoms with Crippen molar-refractivity contribution in [1.82, 2.24) is 14.3 Å². The minimum Gasteiger partial charge on any atom is -0.377 e.